The minimum absolute atomic E-state index is 0.141. The van der Waals surface area contributed by atoms with Crippen LogP contribution >= 0.6 is 0 Å². The van der Waals surface area contributed by atoms with Gasteiger partial charge in [-0.05, 0) is 40.2 Å². The molecule has 0 radical (unpaired) electrons. The lowest BCUT2D eigenvalue weighted by Gasteiger charge is -2.31. The first-order chi connectivity index (χ1) is 8.19. The molecule has 0 saturated heterocycles. The van der Waals surface area contributed by atoms with Crippen molar-refractivity contribution >= 4 is 6.08 Å². The van der Waals surface area contributed by atoms with Gasteiger partial charge in [0.05, 0.1) is 0 Å². The van der Waals surface area contributed by atoms with Gasteiger partial charge in [0.25, 0.3) is 0 Å². The van der Waals surface area contributed by atoms with E-state index < -0.39 is 0 Å². The number of benzene rings is 1. The van der Waals surface area contributed by atoms with E-state index in [1.54, 1.807) is 0 Å². The molecule has 0 fully saturated rings. The lowest BCUT2D eigenvalue weighted by Crippen LogP contribution is -2.22. The fourth-order valence-corrected chi connectivity index (χ4v) is 2.41. The first kappa shape index (κ1) is 13.2. The van der Waals surface area contributed by atoms with Crippen LogP contribution < -0.4 is 4.74 Å². The molecular weight excluding hydrogens is 220 g/mol. The zero-order chi connectivity index (χ0) is 13.6. The van der Waals surface area contributed by atoms with Gasteiger partial charge in [0.1, 0.15) is 12.4 Å². The second kappa shape index (κ2) is 4.15. The lowest BCUT2D eigenvalue weighted by molar-refractivity contribution is 0.356. The number of fused-ring (bicyclic) bond motifs is 1. The van der Waals surface area contributed by atoms with E-state index in [9.17, 15) is 0 Å². The van der Waals surface area contributed by atoms with Gasteiger partial charge < -0.3 is 4.74 Å². The Kier molecular flexibility index (Phi) is 3.04. The molecule has 1 heteroatoms. The van der Waals surface area contributed by atoms with E-state index in [1.165, 1.54) is 16.7 Å². The second-order valence-corrected chi connectivity index (χ2v) is 7.15. The fourth-order valence-electron chi connectivity index (χ4n) is 2.41. The van der Waals surface area contributed by atoms with Crippen LogP contribution in [0.25, 0.3) is 6.08 Å². The highest BCUT2D eigenvalue weighted by Crippen LogP contribution is 2.39. The molecule has 1 aliphatic heterocycles. The van der Waals surface area contributed by atoms with Gasteiger partial charge in [-0.25, -0.2) is 0 Å². The van der Waals surface area contributed by atoms with Crippen LogP contribution in [0, 0.1) is 0 Å². The minimum atomic E-state index is 0.141. The maximum absolute atomic E-state index is 5.74. The van der Waals surface area contributed by atoms with Crippen molar-refractivity contribution in [2.75, 3.05) is 6.61 Å². The van der Waals surface area contributed by atoms with E-state index in [2.05, 4.69) is 65.8 Å². The predicted octanol–water partition coefficient (Wildman–Crippen LogP) is 4.69. The molecule has 1 heterocycles. The molecule has 0 bridgehead atoms. The third kappa shape index (κ3) is 2.45. The van der Waals surface area contributed by atoms with Gasteiger partial charge in [-0.1, -0.05) is 47.6 Å². The number of ether oxygens (including phenoxy) is 1. The van der Waals surface area contributed by atoms with Crippen LogP contribution in [-0.2, 0) is 10.8 Å². The zero-order valence-corrected chi connectivity index (χ0v) is 12.4. The Morgan fingerprint density at radius 3 is 2.00 bits per heavy atom. The van der Waals surface area contributed by atoms with Crippen molar-refractivity contribution in [1.29, 1.82) is 0 Å². The Balaban J connectivity index is 2.67. The highest BCUT2D eigenvalue weighted by molar-refractivity contribution is 5.63. The zero-order valence-electron chi connectivity index (χ0n) is 12.4. The molecule has 18 heavy (non-hydrogen) atoms. The average molecular weight is 244 g/mol. The molecule has 2 rings (SSSR count). The summed E-state index contributed by atoms with van der Waals surface area (Å²) in [5.41, 5.74) is 4.32. The van der Waals surface area contributed by atoms with Crippen molar-refractivity contribution in [3.05, 3.63) is 34.9 Å². The van der Waals surface area contributed by atoms with Crippen molar-refractivity contribution < 1.29 is 4.74 Å². The lowest BCUT2D eigenvalue weighted by atomic mass is 9.74. The third-order valence-electron chi connectivity index (χ3n) is 3.40. The topological polar surface area (TPSA) is 9.23 Å². The van der Waals surface area contributed by atoms with Gasteiger partial charge in [-0.15, -0.1) is 0 Å². The van der Waals surface area contributed by atoms with Crippen LogP contribution in [-0.4, -0.2) is 6.61 Å². The quantitative estimate of drug-likeness (QED) is 0.643. The average Bonchev–Trinajstić information content (AvgIpc) is 2.25. The first-order valence-corrected chi connectivity index (χ1v) is 6.68. The van der Waals surface area contributed by atoms with Gasteiger partial charge in [0.15, 0.2) is 0 Å². The van der Waals surface area contributed by atoms with E-state index in [0.29, 0.717) is 6.61 Å². The van der Waals surface area contributed by atoms with Crippen LogP contribution in [0.4, 0.5) is 0 Å². The summed E-state index contributed by atoms with van der Waals surface area (Å²) < 4.78 is 5.74. The predicted molar refractivity (Wildman–Crippen MR) is 78.4 cm³/mol. The van der Waals surface area contributed by atoms with Crippen LogP contribution in [0.3, 0.4) is 0 Å². The van der Waals surface area contributed by atoms with Crippen molar-refractivity contribution in [2.45, 2.75) is 52.4 Å². The highest BCUT2D eigenvalue weighted by atomic mass is 16.5. The summed E-state index contributed by atoms with van der Waals surface area (Å²) >= 11 is 0. The van der Waals surface area contributed by atoms with Crippen molar-refractivity contribution in [3.63, 3.8) is 0 Å². The number of hydrogen-bond acceptors (Lipinski definition) is 1. The molecule has 0 unspecified atom stereocenters. The van der Waals surface area contributed by atoms with Crippen LogP contribution in [0.2, 0.25) is 0 Å². The molecule has 0 aliphatic carbocycles. The number of hydrogen-bond donors (Lipinski definition) is 0. The Hall–Kier alpha value is -1.24. The maximum atomic E-state index is 5.74. The van der Waals surface area contributed by atoms with E-state index in [-0.39, 0.29) is 10.8 Å². The molecular formula is C17H24O. The monoisotopic (exact) mass is 244 g/mol. The Labute approximate surface area is 111 Å². The highest BCUT2D eigenvalue weighted by Gasteiger charge is 2.27. The van der Waals surface area contributed by atoms with Crippen molar-refractivity contribution in [1.82, 2.24) is 0 Å². The largest absolute Gasteiger partial charge is 0.489 e. The van der Waals surface area contributed by atoms with Crippen LogP contribution in [0.1, 0.15) is 58.2 Å². The third-order valence-corrected chi connectivity index (χ3v) is 3.40. The first-order valence-electron chi connectivity index (χ1n) is 6.68. The van der Waals surface area contributed by atoms with Crippen molar-refractivity contribution in [3.8, 4) is 5.75 Å². The molecule has 0 aromatic heterocycles. The molecule has 0 atom stereocenters. The summed E-state index contributed by atoms with van der Waals surface area (Å²) in [6.07, 6.45) is 4.24. The molecule has 0 amide bonds. The summed E-state index contributed by atoms with van der Waals surface area (Å²) in [4.78, 5) is 0. The van der Waals surface area contributed by atoms with Crippen LogP contribution in [0.5, 0.6) is 5.75 Å². The summed E-state index contributed by atoms with van der Waals surface area (Å²) in [6.45, 7) is 14.3. The minimum Gasteiger partial charge on any atom is -0.489 e. The molecule has 1 aromatic rings. The summed E-state index contributed by atoms with van der Waals surface area (Å²) in [6, 6.07) is 4.53. The Morgan fingerprint density at radius 2 is 1.44 bits per heavy atom. The van der Waals surface area contributed by atoms with Gasteiger partial charge in [0, 0.05) is 5.56 Å². The molecule has 0 saturated carbocycles. The Bertz CT molecular complexity index is 482. The summed E-state index contributed by atoms with van der Waals surface area (Å²) in [5.74, 6) is 1.02. The number of rotatable bonds is 0. The van der Waals surface area contributed by atoms with Gasteiger partial charge in [0.2, 0.25) is 0 Å². The molecule has 0 N–H and O–H groups in total. The van der Waals surface area contributed by atoms with E-state index >= 15 is 0 Å². The van der Waals surface area contributed by atoms with Crippen LogP contribution in [0.15, 0.2) is 18.2 Å². The van der Waals surface area contributed by atoms with Gasteiger partial charge in [-0.2, -0.15) is 0 Å². The van der Waals surface area contributed by atoms with E-state index in [1.807, 2.05) is 0 Å². The smallest absolute Gasteiger partial charge is 0.127 e. The summed E-state index contributed by atoms with van der Waals surface area (Å²) in [5, 5.41) is 0. The van der Waals surface area contributed by atoms with E-state index in [0.717, 1.165) is 5.75 Å². The van der Waals surface area contributed by atoms with Crippen molar-refractivity contribution in [2.24, 2.45) is 0 Å². The maximum Gasteiger partial charge on any atom is 0.127 e. The van der Waals surface area contributed by atoms with Gasteiger partial charge >= 0.3 is 0 Å². The second-order valence-electron chi connectivity index (χ2n) is 7.15. The standard InChI is InChI=1S/C17H24O/c1-16(2,3)13-10-12-8-7-9-18-15(12)11-14(13)17(4,5)6/h7-8,10-11H,9H2,1-6H3. The molecule has 0 spiro atoms. The molecule has 1 aliphatic rings. The molecule has 98 valence electrons. The summed E-state index contributed by atoms with van der Waals surface area (Å²) in [7, 11) is 0. The van der Waals surface area contributed by atoms with Gasteiger partial charge in [-0.3, -0.25) is 0 Å². The SMILES string of the molecule is CC(C)(C)c1cc2c(cc1C(C)(C)C)OCC=C2. The fraction of sp³-hybridized carbons (Fsp3) is 0.529. The normalized spacial score (nSPS) is 15.2. The molecule has 1 nitrogen and oxygen atoms in total. The van der Waals surface area contributed by atoms with E-state index in [4.69, 9.17) is 4.74 Å². The Morgan fingerprint density at radius 1 is 0.889 bits per heavy atom. The molecule has 1 aromatic carbocycles.